The summed E-state index contributed by atoms with van der Waals surface area (Å²) < 4.78 is 37.8. The van der Waals surface area contributed by atoms with Crippen molar-refractivity contribution in [3.05, 3.63) is 35.9 Å². The van der Waals surface area contributed by atoms with E-state index < -0.39 is 24.4 Å². The topological polar surface area (TPSA) is 49.9 Å². The van der Waals surface area contributed by atoms with Crippen molar-refractivity contribution in [3.8, 4) is 0 Å². The minimum Gasteiger partial charge on any atom is -0.388 e. The first-order chi connectivity index (χ1) is 6.91. The first kappa shape index (κ1) is 11.6. The smallest absolute Gasteiger partial charge is 0.388 e. The van der Waals surface area contributed by atoms with Gasteiger partial charge in [0.05, 0.1) is 11.8 Å². The molecule has 0 saturated carbocycles. The largest absolute Gasteiger partial charge is 0.396 e. The van der Waals surface area contributed by atoms with E-state index in [0.717, 1.165) is 0 Å². The molecule has 15 heavy (non-hydrogen) atoms. The first-order valence-electron chi connectivity index (χ1n) is 4.36. The molecule has 0 fully saturated rings. The SMILES string of the molecule is N=C(N)CC(c1ccccc1)C(F)(F)F. The number of rotatable bonds is 3. The third-order valence-electron chi connectivity index (χ3n) is 2.02. The molecule has 1 atom stereocenters. The molecule has 0 saturated heterocycles. The summed E-state index contributed by atoms with van der Waals surface area (Å²) in [5, 5.41) is 6.93. The second-order valence-corrected chi connectivity index (χ2v) is 3.23. The molecule has 1 aromatic rings. The lowest BCUT2D eigenvalue weighted by atomic mass is 9.95. The Morgan fingerprint density at radius 1 is 1.27 bits per heavy atom. The van der Waals surface area contributed by atoms with E-state index in [1.807, 2.05) is 0 Å². The molecule has 0 aliphatic heterocycles. The Kier molecular flexibility index (Phi) is 3.34. The Hall–Kier alpha value is -1.52. The standard InChI is InChI=1S/C10H11F3N2/c11-10(12,13)8(6-9(14)15)7-4-2-1-3-5-7/h1-5,8H,6H2,(H3,14,15). The minimum absolute atomic E-state index is 0.139. The molecule has 82 valence electrons. The van der Waals surface area contributed by atoms with Gasteiger partial charge in [0.1, 0.15) is 0 Å². The molecule has 0 spiro atoms. The second-order valence-electron chi connectivity index (χ2n) is 3.23. The Labute approximate surface area is 85.4 Å². The van der Waals surface area contributed by atoms with Crippen LogP contribution in [-0.2, 0) is 0 Å². The van der Waals surface area contributed by atoms with Gasteiger partial charge in [0.15, 0.2) is 0 Å². The van der Waals surface area contributed by atoms with Crippen molar-refractivity contribution in [1.82, 2.24) is 0 Å². The van der Waals surface area contributed by atoms with Crippen molar-refractivity contribution in [3.63, 3.8) is 0 Å². The summed E-state index contributed by atoms with van der Waals surface area (Å²) in [6.07, 6.45) is -4.86. The van der Waals surface area contributed by atoms with Crippen LogP contribution in [0.4, 0.5) is 13.2 Å². The summed E-state index contributed by atoms with van der Waals surface area (Å²) >= 11 is 0. The van der Waals surface area contributed by atoms with Gasteiger partial charge in [-0.05, 0) is 5.56 Å². The van der Waals surface area contributed by atoms with Crippen LogP contribution >= 0.6 is 0 Å². The number of halogens is 3. The van der Waals surface area contributed by atoms with Crippen LogP contribution < -0.4 is 5.73 Å². The maximum atomic E-state index is 12.6. The van der Waals surface area contributed by atoms with Gasteiger partial charge in [-0.1, -0.05) is 30.3 Å². The highest BCUT2D eigenvalue weighted by atomic mass is 19.4. The van der Waals surface area contributed by atoms with Crippen molar-refractivity contribution in [2.24, 2.45) is 5.73 Å². The van der Waals surface area contributed by atoms with E-state index in [-0.39, 0.29) is 5.56 Å². The van der Waals surface area contributed by atoms with Crippen molar-refractivity contribution in [2.75, 3.05) is 0 Å². The minimum atomic E-state index is -4.37. The van der Waals surface area contributed by atoms with Crippen LogP contribution in [0.3, 0.4) is 0 Å². The normalized spacial score (nSPS) is 13.5. The van der Waals surface area contributed by atoms with Gasteiger partial charge in [0.2, 0.25) is 0 Å². The van der Waals surface area contributed by atoms with Gasteiger partial charge in [-0.2, -0.15) is 13.2 Å². The fourth-order valence-corrected chi connectivity index (χ4v) is 1.33. The van der Waals surface area contributed by atoms with E-state index in [9.17, 15) is 13.2 Å². The molecule has 1 aromatic carbocycles. The van der Waals surface area contributed by atoms with Crippen LogP contribution in [0.5, 0.6) is 0 Å². The predicted octanol–water partition coefficient (Wildman–Crippen LogP) is 2.66. The van der Waals surface area contributed by atoms with Gasteiger partial charge in [-0.15, -0.1) is 0 Å². The summed E-state index contributed by atoms with van der Waals surface area (Å²) in [6, 6.07) is 7.50. The molecule has 1 unspecified atom stereocenters. The van der Waals surface area contributed by atoms with Crippen LogP contribution in [-0.4, -0.2) is 12.0 Å². The van der Waals surface area contributed by atoms with Crippen molar-refractivity contribution < 1.29 is 13.2 Å². The molecule has 3 N–H and O–H groups in total. The molecule has 0 amide bonds. The van der Waals surface area contributed by atoms with E-state index >= 15 is 0 Å². The summed E-state index contributed by atoms with van der Waals surface area (Å²) in [6.45, 7) is 0. The molecule has 5 heteroatoms. The van der Waals surface area contributed by atoms with Crippen LogP contribution in [0, 0.1) is 5.41 Å². The average molecular weight is 216 g/mol. The number of hydrogen-bond donors (Lipinski definition) is 2. The summed E-state index contributed by atoms with van der Waals surface area (Å²) in [4.78, 5) is 0. The number of amidine groups is 1. The van der Waals surface area contributed by atoms with Gasteiger partial charge >= 0.3 is 6.18 Å². The molecule has 0 bridgehead atoms. The lowest BCUT2D eigenvalue weighted by molar-refractivity contribution is -0.148. The predicted molar refractivity (Wildman–Crippen MR) is 51.8 cm³/mol. The molecular weight excluding hydrogens is 205 g/mol. The van der Waals surface area contributed by atoms with E-state index in [1.165, 1.54) is 24.3 Å². The maximum Gasteiger partial charge on any atom is 0.396 e. The molecular formula is C10H11F3N2. The monoisotopic (exact) mass is 216 g/mol. The fraction of sp³-hybridized carbons (Fsp3) is 0.300. The molecule has 2 nitrogen and oxygen atoms in total. The summed E-state index contributed by atoms with van der Waals surface area (Å²) in [5.74, 6) is -2.14. The van der Waals surface area contributed by atoms with Crippen molar-refractivity contribution in [2.45, 2.75) is 18.5 Å². The van der Waals surface area contributed by atoms with Crippen LogP contribution in [0.15, 0.2) is 30.3 Å². The number of nitrogens with one attached hydrogen (secondary N) is 1. The Morgan fingerprint density at radius 3 is 2.20 bits per heavy atom. The zero-order valence-electron chi connectivity index (χ0n) is 7.88. The van der Waals surface area contributed by atoms with Gasteiger partial charge in [0.25, 0.3) is 0 Å². The van der Waals surface area contributed by atoms with Crippen LogP contribution in [0.25, 0.3) is 0 Å². The van der Waals surface area contributed by atoms with Gasteiger partial charge in [0, 0.05) is 6.42 Å². The molecule has 0 aromatic heterocycles. The molecule has 0 aliphatic rings. The van der Waals surface area contributed by atoms with E-state index in [2.05, 4.69) is 0 Å². The number of alkyl halides is 3. The number of hydrogen-bond acceptors (Lipinski definition) is 1. The zero-order chi connectivity index (χ0) is 11.5. The third kappa shape index (κ3) is 3.27. The quantitative estimate of drug-likeness (QED) is 0.592. The lowest BCUT2D eigenvalue weighted by Gasteiger charge is -2.19. The van der Waals surface area contributed by atoms with Gasteiger partial charge in [-0.25, -0.2) is 0 Å². The summed E-state index contributed by atoms with van der Waals surface area (Å²) in [7, 11) is 0. The van der Waals surface area contributed by atoms with Crippen molar-refractivity contribution >= 4 is 5.84 Å². The van der Waals surface area contributed by atoms with Gasteiger partial charge < -0.3 is 5.73 Å². The van der Waals surface area contributed by atoms with Gasteiger partial charge in [-0.3, -0.25) is 5.41 Å². The van der Waals surface area contributed by atoms with E-state index in [0.29, 0.717) is 0 Å². The molecule has 0 aliphatic carbocycles. The highest BCUT2D eigenvalue weighted by Gasteiger charge is 2.40. The fourth-order valence-electron chi connectivity index (χ4n) is 1.33. The van der Waals surface area contributed by atoms with Crippen LogP contribution in [0.1, 0.15) is 17.9 Å². The average Bonchev–Trinajstić information content (AvgIpc) is 2.14. The van der Waals surface area contributed by atoms with Crippen LogP contribution in [0.2, 0.25) is 0 Å². The van der Waals surface area contributed by atoms with E-state index in [1.54, 1.807) is 6.07 Å². The number of benzene rings is 1. The summed E-state index contributed by atoms with van der Waals surface area (Å²) in [5.41, 5.74) is 5.15. The Bertz CT molecular complexity index is 332. The molecule has 0 heterocycles. The Morgan fingerprint density at radius 2 is 1.80 bits per heavy atom. The molecule has 0 radical (unpaired) electrons. The highest BCUT2D eigenvalue weighted by molar-refractivity contribution is 5.77. The third-order valence-corrected chi connectivity index (χ3v) is 2.02. The van der Waals surface area contributed by atoms with E-state index in [4.69, 9.17) is 11.1 Å². The molecule has 1 rings (SSSR count). The number of nitrogens with two attached hydrogens (primary N) is 1. The lowest BCUT2D eigenvalue weighted by Crippen LogP contribution is -2.26. The highest BCUT2D eigenvalue weighted by Crippen LogP contribution is 2.36. The Balaban J connectivity index is 2.97. The first-order valence-corrected chi connectivity index (χ1v) is 4.36. The second kappa shape index (κ2) is 4.33. The maximum absolute atomic E-state index is 12.6. The van der Waals surface area contributed by atoms with Crippen molar-refractivity contribution in [1.29, 1.82) is 5.41 Å². The zero-order valence-corrected chi connectivity index (χ0v) is 7.88.